The van der Waals surface area contributed by atoms with Crippen molar-refractivity contribution in [2.45, 2.75) is 68.0 Å². The quantitative estimate of drug-likeness (QED) is 0.639. The molecule has 20 heavy (non-hydrogen) atoms. The highest BCUT2D eigenvalue weighted by atomic mass is 32.2. The van der Waals surface area contributed by atoms with Gasteiger partial charge in [-0.05, 0) is 19.3 Å². The number of thioether (sulfide) groups is 1. The Balaban J connectivity index is 1.78. The van der Waals surface area contributed by atoms with E-state index in [1.165, 1.54) is 30.6 Å². The van der Waals surface area contributed by atoms with E-state index < -0.39 is 0 Å². The monoisotopic (exact) mass is 314 g/mol. The van der Waals surface area contributed by atoms with Gasteiger partial charge in [-0.2, -0.15) is 0 Å². The fourth-order valence-corrected chi connectivity index (χ4v) is 4.12. The van der Waals surface area contributed by atoms with Crippen LogP contribution in [0.15, 0.2) is 4.34 Å². The Morgan fingerprint density at radius 1 is 1.40 bits per heavy atom. The lowest BCUT2D eigenvalue weighted by Gasteiger charge is -2.22. The van der Waals surface area contributed by atoms with Gasteiger partial charge in [0.05, 0.1) is 0 Å². The summed E-state index contributed by atoms with van der Waals surface area (Å²) in [6, 6.07) is 0.152. The molecule has 2 rings (SSSR count). The molecule has 112 valence electrons. The predicted molar refractivity (Wildman–Crippen MR) is 84.5 cm³/mol. The van der Waals surface area contributed by atoms with E-state index in [0.717, 1.165) is 23.6 Å². The lowest BCUT2D eigenvalue weighted by molar-refractivity contribution is 0.244. The van der Waals surface area contributed by atoms with Gasteiger partial charge in [-0.15, -0.1) is 10.2 Å². The number of carbonyl (C=O) groups is 1. The summed E-state index contributed by atoms with van der Waals surface area (Å²) in [6.45, 7) is 4.31. The van der Waals surface area contributed by atoms with Crippen molar-refractivity contribution >= 4 is 34.3 Å². The van der Waals surface area contributed by atoms with Gasteiger partial charge in [0.25, 0.3) is 0 Å². The maximum absolute atomic E-state index is 11.9. The largest absolute Gasteiger partial charge is 0.335 e. The molecule has 0 aromatic carbocycles. The standard InChI is InChI=1S/C13H22N4OS2/c1-3-9(2)19-13-17-16-12(20-13)15-11(18)14-10-7-5-4-6-8-10/h9-10H,3-8H2,1-2H3,(H2,14,15,16,18)/t9-/m1/s1. The van der Waals surface area contributed by atoms with E-state index >= 15 is 0 Å². The zero-order valence-electron chi connectivity index (χ0n) is 12.0. The maximum Gasteiger partial charge on any atom is 0.321 e. The van der Waals surface area contributed by atoms with Crippen LogP contribution in [0.25, 0.3) is 0 Å². The molecule has 2 amide bonds. The summed E-state index contributed by atoms with van der Waals surface area (Å²) in [5.74, 6) is 0. The summed E-state index contributed by atoms with van der Waals surface area (Å²) < 4.78 is 0.910. The average molecular weight is 314 g/mol. The van der Waals surface area contributed by atoms with Crippen LogP contribution in [-0.4, -0.2) is 27.5 Å². The first-order valence-corrected chi connectivity index (χ1v) is 8.94. The van der Waals surface area contributed by atoms with Gasteiger partial charge in [-0.1, -0.05) is 56.2 Å². The number of nitrogens with zero attached hydrogens (tertiary/aromatic N) is 2. The number of carbonyl (C=O) groups excluding carboxylic acids is 1. The zero-order chi connectivity index (χ0) is 14.4. The summed E-state index contributed by atoms with van der Waals surface area (Å²) >= 11 is 3.14. The smallest absolute Gasteiger partial charge is 0.321 e. The van der Waals surface area contributed by atoms with Crippen LogP contribution in [0.1, 0.15) is 52.4 Å². The van der Waals surface area contributed by atoms with Crippen LogP contribution in [0, 0.1) is 0 Å². The molecule has 1 saturated carbocycles. The minimum atomic E-state index is -0.159. The van der Waals surface area contributed by atoms with E-state index in [4.69, 9.17) is 0 Å². The molecule has 0 radical (unpaired) electrons. The lowest BCUT2D eigenvalue weighted by Crippen LogP contribution is -2.38. The van der Waals surface area contributed by atoms with Crippen LogP contribution in [0.5, 0.6) is 0 Å². The molecule has 1 atom stereocenters. The van der Waals surface area contributed by atoms with Crippen molar-refractivity contribution in [3.63, 3.8) is 0 Å². The van der Waals surface area contributed by atoms with Crippen molar-refractivity contribution in [3.8, 4) is 0 Å². The molecule has 1 aromatic rings. The summed E-state index contributed by atoms with van der Waals surface area (Å²) in [5, 5.41) is 15.0. The van der Waals surface area contributed by atoms with Gasteiger partial charge in [0.1, 0.15) is 0 Å². The van der Waals surface area contributed by atoms with Crippen molar-refractivity contribution in [2.24, 2.45) is 0 Å². The fraction of sp³-hybridized carbons (Fsp3) is 0.769. The molecule has 1 heterocycles. The Bertz CT molecular complexity index is 432. The van der Waals surface area contributed by atoms with Gasteiger partial charge >= 0.3 is 6.03 Å². The normalized spacial score (nSPS) is 17.7. The Morgan fingerprint density at radius 3 is 2.85 bits per heavy atom. The lowest BCUT2D eigenvalue weighted by atomic mass is 9.96. The number of rotatable bonds is 5. The Hall–Kier alpha value is -0.820. The Kier molecular flexibility index (Phi) is 6.09. The van der Waals surface area contributed by atoms with Crippen LogP contribution < -0.4 is 10.6 Å². The first kappa shape index (κ1) is 15.6. The van der Waals surface area contributed by atoms with Crippen LogP contribution in [-0.2, 0) is 0 Å². The van der Waals surface area contributed by atoms with E-state index in [0.29, 0.717) is 16.4 Å². The molecule has 1 aliphatic rings. The highest BCUT2D eigenvalue weighted by Gasteiger charge is 2.16. The summed E-state index contributed by atoms with van der Waals surface area (Å²) in [6.07, 6.45) is 6.96. The van der Waals surface area contributed by atoms with Crippen LogP contribution in [0.3, 0.4) is 0 Å². The van der Waals surface area contributed by atoms with Crippen LogP contribution in [0.2, 0.25) is 0 Å². The maximum atomic E-state index is 11.9. The molecular weight excluding hydrogens is 292 g/mol. The van der Waals surface area contributed by atoms with E-state index in [2.05, 4.69) is 34.7 Å². The Labute approximate surface area is 128 Å². The van der Waals surface area contributed by atoms with Gasteiger partial charge in [-0.25, -0.2) is 4.79 Å². The van der Waals surface area contributed by atoms with Crippen molar-refractivity contribution in [1.29, 1.82) is 0 Å². The highest BCUT2D eigenvalue weighted by molar-refractivity contribution is 8.01. The van der Waals surface area contributed by atoms with Gasteiger partial charge in [0.15, 0.2) is 4.34 Å². The summed E-state index contributed by atoms with van der Waals surface area (Å²) in [5.41, 5.74) is 0. The number of nitrogens with one attached hydrogen (secondary N) is 2. The molecule has 5 nitrogen and oxygen atoms in total. The number of urea groups is 1. The van der Waals surface area contributed by atoms with Crippen molar-refractivity contribution in [1.82, 2.24) is 15.5 Å². The first-order valence-electron chi connectivity index (χ1n) is 7.25. The molecule has 0 spiro atoms. The second-order valence-electron chi connectivity index (χ2n) is 5.14. The molecule has 0 saturated heterocycles. The van der Waals surface area contributed by atoms with Gasteiger partial charge in [0, 0.05) is 11.3 Å². The number of aromatic nitrogens is 2. The number of hydrogen-bond donors (Lipinski definition) is 2. The zero-order valence-corrected chi connectivity index (χ0v) is 13.6. The van der Waals surface area contributed by atoms with Gasteiger partial charge in [0.2, 0.25) is 5.13 Å². The average Bonchev–Trinajstić information content (AvgIpc) is 2.86. The molecular formula is C13H22N4OS2. The highest BCUT2D eigenvalue weighted by Crippen LogP contribution is 2.29. The number of hydrogen-bond acceptors (Lipinski definition) is 5. The van der Waals surface area contributed by atoms with Gasteiger partial charge in [-0.3, -0.25) is 5.32 Å². The molecule has 2 N–H and O–H groups in total. The molecule has 0 bridgehead atoms. The number of amides is 2. The second-order valence-corrected chi connectivity index (χ2v) is 7.81. The van der Waals surface area contributed by atoms with Crippen molar-refractivity contribution in [2.75, 3.05) is 5.32 Å². The topological polar surface area (TPSA) is 66.9 Å². The van der Waals surface area contributed by atoms with Gasteiger partial charge < -0.3 is 5.32 Å². The SMILES string of the molecule is CC[C@@H](C)Sc1nnc(NC(=O)NC2CCCCC2)s1. The molecule has 0 unspecified atom stereocenters. The molecule has 1 aromatic heterocycles. The summed E-state index contributed by atoms with van der Waals surface area (Å²) in [7, 11) is 0. The third kappa shape index (κ3) is 4.94. The van der Waals surface area contributed by atoms with Crippen LogP contribution in [0.4, 0.5) is 9.93 Å². The van der Waals surface area contributed by atoms with E-state index in [1.807, 2.05) is 0 Å². The van der Waals surface area contributed by atoms with E-state index in [1.54, 1.807) is 11.8 Å². The minimum Gasteiger partial charge on any atom is -0.335 e. The Morgan fingerprint density at radius 2 is 2.15 bits per heavy atom. The van der Waals surface area contributed by atoms with Crippen molar-refractivity contribution in [3.05, 3.63) is 0 Å². The molecule has 7 heteroatoms. The molecule has 1 aliphatic carbocycles. The third-order valence-electron chi connectivity index (χ3n) is 3.44. The number of anilines is 1. The predicted octanol–water partition coefficient (Wildman–Crippen LogP) is 3.88. The summed E-state index contributed by atoms with van der Waals surface area (Å²) in [4.78, 5) is 11.9. The third-order valence-corrected chi connectivity index (χ3v) is 5.64. The fourth-order valence-electron chi connectivity index (χ4n) is 2.13. The van der Waals surface area contributed by atoms with Crippen LogP contribution >= 0.6 is 23.1 Å². The van der Waals surface area contributed by atoms with E-state index in [-0.39, 0.29) is 6.03 Å². The van der Waals surface area contributed by atoms with Crippen molar-refractivity contribution < 1.29 is 4.79 Å². The van der Waals surface area contributed by atoms with E-state index in [9.17, 15) is 4.79 Å². The minimum absolute atomic E-state index is 0.159. The molecule has 1 fully saturated rings. The first-order chi connectivity index (χ1) is 9.67. The second kappa shape index (κ2) is 7.83. The molecule has 0 aliphatic heterocycles.